The van der Waals surface area contributed by atoms with E-state index in [2.05, 4.69) is 0 Å². The molecule has 4 heteroatoms. The molecular weight excluding hydrogens is 134 g/mol. The van der Waals surface area contributed by atoms with Crippen molar-refractivity contribution in [2.75, 3.05) is 13.2 Å². The van der Waals surface area contributed by atoms with Gasteiger partial charge >= 0.3 is 5.97 Å². The van der Waals surface area contributed by atoms with Crippen LogP contribution in [0.25, 0.3) is 0 Å². The molecule has 58 valence electrons. The van der Waals surface area contributed by atoms with Gasteiger partial charge in [0.25, 0.3) is 0 Å². The van der Waals surface area contributed by atoms with Gasteiger partial charge in [0.2, 0.25) is 0 Å². The minimum Gasteiger partial charge on any atom is -0.462 e. The van der Waals surface area contributed by atoms with Crippen LogP contribution in [-0.4, -0.2) is 31.3 Å². The average Bonchev–Trinajstić information content (AvgIpc) is 2.64. The number of carbonyl (C=O) groups excluding carboxylic acids is 1. The monoisotopic (exact) mass is 145 g/mol. The topological polar surface area (TPSA) is 64.9 Å². The summed E-state index contributed by atoms with van der Waals surface area (Å²) in [5.41, 5.74) is 5.23. The second kappa shape index (κ2) is 2.98. The van der Waals surface area contributed by atoms with Crippen molar-refractivity contribution in [2.45, 2.75) is 19.1 Å². The predicted molar refractivity (Wildman–Crippen MR) is 34.3 cm³/mol. The van der Waals surface area contributed by atoms with Crippen molar-refractivity contribution in [3.63, 3.8) is 0 Å². The molecule has 0 amide bonds. The highest BCUT2D eigenvalue weighted by molar-refractivity contribution is 5.74. The summed E-state index contributed by atoms with van der Waals surface area (Å²) in [7, 11) is 0. The molecule has 1 rings (SSSR count). The van der Waals surface area contributed by atoms with Gasteiger partial charge in [0.1, 0.15) is 18.8 Å². The second-order valence-corrected chi connectivity index (χ2v) is 2.37. The van der Waals surface area contributed by atoms with E-state index in [1.807, 2.05) is 0 Å². The van der Waals surface area contributed by atoms with Crippen LogP contribution >= 0.6 is 0 Å². The Labute approximate surface area is 59.3 Å². The summed E-state index contributed by atoms with van der Waals surface area (Å²) in [6, 6.07) is -0.529. The van der Waals surface area contributed by atoms with Crippen LogP contribution in [0.2, 0.25) is 0 Å². The summed E-state index contributed by atoms with van der Waals surface area (Å²) in [6.07, 6.45) is 0.127. The zero-order valence-electron chi connectivity index (χ0n) is 5.87. The normalized spacial score (nSPS) is 25.6. The van der Waals surface area contributed by atoms with E-state index in [-0.39, 0.29) is 12.1 Å². The molecule has 10 heavy (non-hydrogen) atoms. The Morgan fingerprint density at radius 3 is 3.00 bits per heavy atom. The van der Waals surface area contributed by atoms with E-state index in [0.29, 0.717) is 13.2 Å². The van der Waals surface area contributed by atoms with Gasteiger partial charge in [0.15, 0.2) is 0 Å². The summed E-state index contributed by atoms with van der Waals surface area (Å²) < 4.78 is 9.56. The number of esters is 1. The van der Waals surface area contributed by atoms with Crippen LogP contribution in [0.4, 0.5) is 0 Å². The van der Waals surface area contributed by atoms with Crippen molar-refractivity contribution in [3.05, 3.63) is 0 Å². The molecule has 1 heterocycles. The fourth-order valence-electron chi connectivity index (χ4n) is 0.471. The molecule has 1 fully saturated rings. The van der Waals surface area contributed by atoms with Gasteiger partial charge in [0.05, 0.1) is 6.61 Å². The standard InChI is InChI=1S/C6H11NO3/c1-4(7)6(8)10-3-5-2-9-5/h4-5H,2-3,7H2,1H3. The maximum absolute atomic E-state index is 10.7. The van der Waals surface area contributed by atoms with Crippen molar-refractivity contribution >= 4 is 5.97 Å². The number of rotatable bonds is 3. The summed E-state index contributed by atoms with van der Waals surface area (Å²) >= 11 is 0. The fraction of sp³-hybridized carbons (Fsp3) is 0.833. The molecule has 0 bridgehead atoms. The molecule has 2 unspecified atom stereocenters. The van der Waals surface area contributed by atoms with E-state index in [9.17, 15) is 4.79 Å². The Balaban J connectivity index is 2.05. The molecule has 0 aromatic carbocycles. The van der Waals surface area contributed by atoms with Crippen LogP contribution in [0, 0.1) is 0 Å². The average molecular weight is 145 g/mol. The molecule has 0 aliphatic carbocycles. The molecule has 2 N–H and O–H groups in total. The third-order valence-corrected chi connectivity index (χ3v) is 1.19. The van der Waals surface area contributed by atoms with E-state index < -0.39 is 6.04 Å². The lowest BCUT2D eigenvalue weighted by Crippen LogP contribution is -2.29. The molecule has 4 nitrogen and oxygen atoms in total. The number of nitrogens with two attached hydrogens (primary N) is 1. The quantitative estimate of drug-likeness (QED) is 0.420. The molecule has 0 aromatic rings. The number of hydrogen-bond acceptors (Lipinski definition) is 4. The van der Waals surface area contributed by atoms with Crippen LogP contribution in [-0.2, 0) is 14.3 Å². The van der Waals surface area contributed by atoms with E-state index in [4.69, 9.17) is 15.2 Å². The Hall–Kier alpha value is -0.610. The Morgan fingerprint density at radius 1 is 2.00 bits per heavy atom. The smallest absolute Gasteiger partial charge is 0.322 e. The zero-order chi connectivity index (χ0) is 7.56. The van der Waals surface area contributed by atoms with Crippen molar-refractivity contribution in [1.82, 2.24) is 0 Å². The van der Waals surface area contributed by atoms with Gasteiger partial charge in [-0.3, -0.25) is 4.79 Å². The molecule has 2 atom stereocenters. The first-order valence-corrected chi connectivity index (χ1v) is 3.24. The lowest BCUT2D eigenvalue weighted by molar-refractivity contribution is -0.145. The van der Waals surface area contributed by atoms with Gasteiger partial charge in [-0.25, -0.2) is 0 Å². The first-order chi connectivity index (χ1) is 4.70. The molecule has 1 aliphatic heterocycles. The maximum Gasteiger partial charge on any atom is 0.322 e. The first-order valence-electron chi connectivity index (χ1n) is 3.24. The number of carbonyl (C=O) groups is 1. The van der Waals surface area contributed by atoms with Gasteiger partial charge in [-0.1, -0.05) is 0 Å². The third kappa shape index (κ3) is 2.33. The Kier molecular flexibility index (Phi) is 2.24. The molecule has 1 aliphatic rings. The number of epoxide rings is 1. The van der Waals surface area contributed by atoms with Crippen LogP contribution in [0.15, 0.2) is 0 Å². The molecule has 0 radical (unpaired) electrons. The molecule has 0 spiro atoms. The summed E-state index contributed by atoms with van der Waals surface area (Å²) in [4.78, 5) is 10.7. The highest BCUT2D eigenvalue weighted by atomic mass is 16.6. The van der Waals surface area contributed by atoms with Crippen molar-refractivity contribution in [1.29, 1.82) is 0 Å². The molecule has 1 saturated heterocycles. The minimum absolute atomic E-state index is 0.127. The minimum atomic E-state index is -0.529. The predicted octanol–water partition coefficient (Wildman–Crippen LogP) is -0.724. The van der Waals surface area contributed by atoms with E-state index in [0.717, 1.165) is 0 Å². The fourth-order valence-corrected chi connectivity index (χ4v) is 0.471. The number of hydrogen-bond donors (Lipinski definition) is 1. The summed E-state index contributed by atoms with van der Waals surface area (Å²) in [5.74, 6) is -0.365. The van der Waals surface area contributed by atoms with Crippen LogP contribution < -0.4 is 5.73 Å². The van der Waals surface area contributed by atoms with Gasteiger partial charge in [-0.15, -0.1) is 0 Å². The first kappa shape index (κ1) is 7.50. The second-order valence-electron chi connectivity index (χ2n) is 2.37. The van der Waals surface area contributed by atoms with E-state index >= 15 is 0 Å². The maximum atomic E-state index is 10.7. The van der Waals surface area contributed by atoms with E-state index in [1.54, 1.807) is 6.92 Å². The van der Waals surface area contributed by atoms with Gasteiger partial charge < -0.3 is 15.2 Å². The molecular formula is C6H11NO3. The Morgan fingerprint density at radius 2 is 2.60 bits per heavy atom. The highest BCUT2D eigenvalue weighted by Gasteiger charge is 2.24. The SMILES string of the molecule is CC(N)C(=O)OCC1CO1. The summed E-state index contributed by atoms with van der Waals surface area (Å²) in [5, 5.41) is 0. The van der Waals surface area contributed by atoms with Crippen LogP contribution in [0.1, 0.15) is 6.92 Å². The summed E-state index contributed by atoms with van der Waals surface area (Å²) in [6.45, 7) is 2.64. The highest BCUT2D eigenvalue weighted by Crippen LogP contribution is 2.08. The Bertz CT molecular complexity index is 131. The molecule has 0 saturated carbocycles. The van der Waals surface area contributed by atoms with Crippen LogP contribution in [0.3, 0.4) is 0 Å². The van der Waals surface area contributed by atoms with Gasteiger partial charge in [0, 0.05) is 0 Å². The number of ether oxygens (including phenoxy) is 2. The van der Waals surface area contributed by atoms with E-state index in [1.165, 1.54) is 0 Å². The zero-order valence-corrected chi connectivity index (χ0v) is 5.87. The third-order valence-electron chi connectivity index (χ3n) is 1.19. The van der Waals surface area contributed by atoms with Crippen molar-refractivity contribution in [2.24, 2.45) is 5.73 Å². The lowest BCUT2D eigenvalue weighted by Gasteiger charge is -2.03. The van der Waals surface area contributed by atoms with Crippen LogP contribution in [0.5, 0.6) is 0 Å². The molecule has 0 aromatic heterocycles. The van der Waals surface area contributed by atoms with Gasteiger partial charge in [-0.05, 0) is 6.92 Å². The van der Waals surface area contributed by atoms with Crippen molar-refractivity contribution < 1.29 is 14.3 Å². The van der Waals surface area contributed by atoms with Crippen molar-refractivity contribution in [3.8, 4) is 0 Å². The largest absolute Gasteiger partial charge is 0.462 e. The lowest BCUT2D eigenvalue weighted by atomic mass is 10.4. The van der Waals surface area contributed by atoms with Gasteiger partial charge in [-0.2, -0.15) is 0 Å².